The summed E-state index contributed by atoms with van der Waals surface area (Å²) in [6.45, 7) is 7.69. The van der Waals surface area contributed by atoms with Gasteiger partial charge in [0.15, 0.2) is 5.76 Å². The number of ketones is 1. The van der Waals surface area contributed by atoms with E-state index in [-0.39, 0.29) is 11.3 Å². The van der Waals surface area contributed by atoms with E-state index in [9.17, 15) is 14.7 Å². The van der Waals surface area contributed by atoms with Gasteiger partial charge in [0, 0.05) is 32.4 Å². The van der Waals surface area contributed by atoms with Crippen LogP contribution in [0.1, 0.15) is 28.6 Å². The van der Waals surface area contributed by atoms with Crippen molar-refractivity contribution < 1.29 is 19.4 Å². The van der Waals surface area contributed by atoms with E-state index in [1.54, 1.807) is 22.4 Å². The Bertz CT molecular complexity index is 1270. The first-order valence-corrected chi connectivity index (χ1v) is 11.5. The van der Waals surface area contributed by atoms with Crippen LogP contribution in [0.25, 0.3) is 11.4 Å². The molecule has 0 aliphatic carbocycles. The number of hydrogen-bond donors (Lipinski definition) is 1. The third kappa shape index (κ3) is 3.89. The van der Waals surface area contributed by atoms with Gasteiger partial charge in [0.2, 0.25) is 0 Å². The molecule has 1 aromatic carbocycles. The number of benzene rings is 1. The fourth-order valence-corrected chi connectivity index (χ4v) is 4.81. The van der Waals surface area contributed by atoms with Crippen molar-refractivity contribution in [3.05, 3.63) is 76.7 Å². The predicted molar refractivity (Wildman–Crippen MR) is 127 cm³/mol. The van der Waals surface area contributed by atoms with Gasteiger partial charge in [0.1, 0.15) is 11.3 Å². The molecule has 8 nitrogen and oxygen atoms in total. The Labute approximate surface area is 198 Å². The zero-order valence-electron chi connectivity index (χ0n) is 19.4. The maximum absolute atomic E-state index is 13.3. The lowest BCUT2D eigenvalue weighted by Crippen LogP contribution is -2.42. The highest BCUT2D eigenvalue weighted by molar-refractivity contribution is 6.46. The number of hydrogen-bond acceptors (Lipinski definition) is 6. The Morgan fingerprint density at radius 2 is 1.79 bits per heavy atom. The van der Waals surface area contributed by atoms with E-state index >= 15 is 0 Å². The van der Waals surface area contributed by atoms with Crippen LogP contribution in [0, 0.1) is 13.8 Å². The Balaban J connectivity index is 1.60. The van der Waals surface area contributed by atoms with Gasteiger partial charge in [-0.2, -0.15) is 0 Å². The molecule has 2 aliphatic rings. The highest BCUT2D eigenvalue weighted by Crippen LogP contribution is 2.40. The third-order valence-electron chi connectivity index (χ3n) is 6.62. The topological polar surface area (TPSA) is 87.4 Å². The van der Waals surface area contributed by atoms with Crippen molar-refractivity contribution in [2.24, 2.45) is 0 Å². The first-order valence-electron chi connectivity index (χ1n) is 11.5. The van der Waals surface area contributed by atoms with Crippen LogP contribution in [0.3, 0.4) is 0 Å². The van der Waals surface area contributed by atoms with Crippen LogP contribution >= 0.6 is 0 Å². The molecule has 4 heterocycles. The summed E-state index contributed by atoms with van der Waals surface area (Å²) in [5.41, 5.74) is 3.65. The minimum atomic E-state index is -0.671. The van der Waals surface area contributed by atoms with Gasteiger partial charge in [-0.25, -0.2) is 4.98 Å². The van der Waals surface area contributed by atoms with E-state index in [1.807, 2.05) is 49.4 Å². The summed E-state index contributed by atoms with van der Waals surface area (Å²) in [7, 11) is 0. The number of carbonyl (C=O) groups is 2. The molecule has 8 heteroatoms. The van der Waals surface area contributed by atoms with E-state index in [1.165, 1.54) is 0 Å². The fourth-order valence-electron chi connectivity index (χ4n) is 4.81. The molecule has 1 N–H and O–H groups in total. The van der Waals surface area contributed by atoms with E-state index in [2.05, 4.69) is 9.88 Å². The first kappa shape index (κ1) is 22.3. The summed E-state index contributed by atoms with van der Waals surface area (Å²) >= 11 is 0. The summed E-state index contributed by atoms with van der Waals surface area (Å²) in [4.78, 5) is 34.9. The molecule has 0 bridgehead atoms. The molecule has 0 radical (unpaired) electrons. The van der Waals surface area contributed by atoms with Gasteiger partial charge in [-0.1, -0.05) is 35.9 Å². The largest absolute Gasteiger partial charge is 0.505 e. The number of Topliss-reactive ketones (excluding diaryl/α,β-unsaturated/α-hetero) is 1. The molecule has 0 unspecified atom stereocenters. The number of aliphatic hydroxyl groups is 1. The molecule has 2 aliphatic heterocycles. The van der Waals surface area contributed by atoms with E-state index < -0.39 is 17.7 Å². The molecule has 1 atom stereocenters. The molecule has 1 amide bonds. The summed E-state index contributed by atoms with van der Waals surface area (Å²) in [5.74, 6) is -1.46. The number of morpholine rings is 1. The van der Waals surface area contributed by atoms with Crippen molar-refractivity contribution >= 4 is 23.1 Å². The Kier molecular flexibility index (Phi) is 5.93. The summed E-state index contributed by atoms with van der Waals surface area (Å²) in [6.07, 6.45) is 1.79. The van der Waals surface area contributed by atoms with Crippen LogP contribution in [0.4, 0.5) is 0 Å². The van der Waals surface area contributed by atoms with Crippen LogP contribution in [0.15, 0.2) is 54.2 Å². The average Bonchev–Trinajstić information content (AvgIpc) is 3.31. The normalized spacial score (nSPS) is 21.0. The van der Waals surface area contributed by atoms with Crippen molar-refractivity contribution in [1.82, 2.24) is 19.2 Å². The summed E-state index contributed by atoms with van der Waals surface area (Å²) < 4.78 is 7.17. The Morgan fingerprint density at radius 3 is 2.53 bits per heavy atom. The minimum absolute atomic E-state index is 0.101. The lowest BCUT2D eigenvalue weighted by molar-refractivity contribution is -0.140. The van der Waals surface area contributed by atoms with Crippen LogP contribution in [-0.4, -0.2) is 75.4 Å². The zero-order valence-corrected chi connectivity index (χ0v) is 19.4. The van der Waals surface area contributed by atoms with Crippen LogP contribution in [0.2, 0.25) is 0 Å². The number of likely N-dealkylation sites (tertiary alicyclic amines) is 1. The van der Waals surface area contributed by atoms with Gasteiger partial charge in [0.05, 0.1) is 30.5 Å². The van der Waals surface area contributed by atoms with Gasteiger partial charge in [-0.3, -0.25) is 18.9 Å². The molecule has 3 aromatic rings. The second-order valence-electron chi connectivity index (χ2n) is 8.83. The molecule has 2 fully saturated rings. The molecule has 176 valence electrons. The molecule has 0 spiro atoms. The van der Waals surface area contributed by atoms with Crippen molar-refractivity contribution in [3.8, 4) is 0 Å². The number of carbonyl (C=O) groups excluding carboxylic acids is 2. The quantitative estimate of drug-likeness (QED) is 0.358. The third-order valence-corrected chi connectivity index (χ3v) is 6.62. The van der Waals surface area contributed by atoms with Crippen molar-refractivity contribution in [1.29, 1.82) is 0 Å². The number of rotatable bonds is 5. The first-order chi connectivity index (χ1) is 16.5. The lowest BCUT2D eigenvalue weighted by Gasteiger charge is -2.31. The molecule has 5 rings (SSSR count). The monoisotopic (exact) mass is 460 g/mol. The van der Waals surface area contributed by atoms with Crippen molar-refractivity contribution in [2.75, 3.05) is 39.4 Å². The number of pyridine rings is 1. The maximum atomic E-state index is 13.3. The van der Waals surface area contributed by atoms with Gasteiger partial charge in [-0.15, -0.1) is 0 Å². The molecule has 2 aromatic heterocycles. The number of imidazole rings is 1. The number of ether oxygens (including phenoxy) is 1. The SMILES string of the molecule is Cc1ccc([C@H]2C(=C(O)c3c(C)nc4ccccn34)C(=O)C(=O)N2CCN2CCOCC2)cc1. The number of aryl methyl sites for hydroxylation is 2. The maximum Gasteiger partial charge on any atom is 0.295 e. The molecular formula is C26H28N4O4. The number of aromatic nitrogens is 2. The van der Waals surface area contributed by atoms with Gasteiger partial charge in [-0.05, 0) is 31.5 Å². The fraction of sp³-hybridized carbons (Fsp3) is 0.346. The highest BCUT2D eigenvalue weighted by atomic mass is 16.5. The zero-order chi connectivity index (χ0) is 23.8. The Morgan fingerprint density at radius 1 is 1.06 bits per heavy atom. The summed E-state index contributed by atoms with van der Waals surface area (Å²) in [5, 5.41) is 11.5. The predicted octanol–water partition coefficient (Wildman–Crippen LogP) is 2.71. The van der Waals surface area contributed by atoms with Crippen molar-refractivity contribution in [3.63, 3.8) is 0 Å². The van der Waals surface area contributed by atoms with Gasteiger partial charge in [0.25, 0.3) is 11.7 Å². The summed E-state index contributed by atoms with van der Waals surface area (Å²) in [6, 6.07) is 12.6. The number of fused-ring (bicyclic) bond motifs is 1. The second kappa shape index (κ2) is 9.04. The molecular weight excluding hydrogens is 432 g/mol. The van der Waals surface area contributed by atoms with E-state index in [0.29, 0.717) is 43.3 Å². The van der Waals surface area contributed by atoms with E-state index in [4.69, 9.17) is 4.74 Å². The van der Waals surface area contributed by atoms with Gasteiger partial charge < -0.3 is 14.7 Å². The van der Waals surface area contributed by atoms with Crippen LogP contribution in [-0.2, 0) is 14.3 Å². The molecule has 34 heavy (non-hydrogen) atoms. The molecule has 2 saturated heterocycles. The van der Waals surface area contributed by atoms with Crippen LogP contribution in [0.5, 0.6) is 0 Å². The van der Waals surface area contributed by atoms with Crippen molar-refractivity contribution in [2.45, 2.75) is 19.9 Å². The smallest absolute Gasteiger partial charge is 0.295 e. The standard InChI is InChI=1S/C26H28N4O4/c1-17-6-8-19(9-7-17)23-21(24(31)22-18(2)27-20-5-3-4-10-29(20)22)25(32)26(33)30(23)12-11-28-13-15-34-16-14-28/h3-10,23,31H,11-16H2,1-2H3/t23-/m0/s1. The van der Waals surface area contributed by atoms with Crippen LogP contribution < -0.4 is 0 Å². The number of amides is 1. The number of nitrogens with zero attached hydrogens (tertiary/aromatic N) is 4. The minimum Gasteiger partial charge on any atom is -0.505 e. The van der Waals surface area contributed by atoms with Gasteiger partial charge >= 0.3 is 0 Å². The van der Waals surface area contributed by atoms with E-state index in [0.717, 1.165) is 24.2 Å². The Hall–Kier alpha value is -3.49. The number of aliphatic hydroxyl groups excluding tert-OH is 1. The lowest BCUT2D eigenvalue weighted by atomic mass is 9.95. The highest BCUT2D eigenvalue weighted by Gasteiger charge is 2.46. The molecule has 0 saturated carbocycles. The average molecular weight is 461 g/mol. The second-order valence-corrected chi connectivity index (χ2v) is 8.83.